The van der Waals surface area contributed by atoms with E-state index < -0.39 is 0 Å². The lowest BCUT2D eigenvalue weighted by Gasteiger charge is -2.12. The Morgan fingerprint density at radius 3 is 2.57 bits per heavy atom. The molecule has 0 atom stereocenters. The van der Waals surface area contributed by atoms with Gasteiger partial charge in [-0.05, 0) is 45.5 Å². The van der Waals surface area contributed by atoms with Crippen LogP contribution < -0.4 is 5.32 Å². The highest BCUT2D eigenvalue weighted by molar-refractivity contribution is 6.09. The van der Waals surface area contributed by atoms with Crippen LogP contribution in [0.25, 0.3) is 21.9 Å². The number of aromatic amines is 1. The number of benzene rings is 3. The number of aromatic nitrogens is 3. The average Bonchev–Trinajstić information content (AvgIpc) is 3.43. The summed E-state index contributed by atoms with van der Waals surface area (Å²) in [6.07, 6.45) is 3.94. The smallest absolute Gasteiger partial charge is 0.251 e. The molecule has 1 aliphatic rings. The standard InChI is InChI=1S/C20H17NO2.C2H3N3/c22-10-9-21-20(23)18-12-14-6-2-4-8-16(14)19-15-7-3-1-5-13(15)11-17(18)19;1-2-4-5-3-1/h1-8,12,22H,9-11H2,(H,21,23);1-2H,(H,3,4,5). The molecule has 4 aromatic rings. The van der Waals surface area contributed by atoms with Crippen LogP contribution in [0.15, 0.2) is 67.0 Å². The number of aliphatic hydroxyl groups is 1. The van der Waals surface area contributed by atoms with Crippen LogP contribution in [0.3, 0.4) is 0 Å². The van der Waals surface area contributed by atoms with Gasteiger partial charge < -0.3 is 10.4 Å². The molecule has 0 aliphatic heterocycles. The van der Waals surface area contributed by atoms with Crippen LogP contribution in [0.5, 0.6) is 0 Å². The minimum Gasteiger partial charge on any atom is -0.395 e. The van der Waals surface area contributed by atoms with Gasteiger partial charge in [-0.1, -0.05) is 48.5 Å². The van der Waals surface area contributed by atoms with Gasteiger partial charge in [0.15, 0.2) is 0 Å². The van der Waals surface area contributed by atoms with E-state index in [1.54, 1.807) is 12.4 Å². The summed E-state index contributed by atoms with van der Waals surface area (Å²) in [6.45, 7) is 0.217. The molecular formula is C22H20N4O2. The number of carbonyl (C=O) groups is 1. The molecule has 5 rings (SSSR count). The molecule has 3 N–H and O–H groups in total. The van der Waals surface area contributed by atoms with Gasteiger partial charge in [0.25, 0.3) is 5.91 Å². The fraction of sp³-hybridized carbons (Fsp3) is 0.136. The molecule has 0 saturated heterocycles. The molecule has 1 amide bonds. The zero-order chi connectivity index (χ0) is 19.3. The van der Waals surface area contributed by atoms with Crippen LogP contribution in [0.4, 0.5) is 0 Å². The number of nitrogens with one attached hydrogen (secondary N) is 2. The Kier molecular flexibility index (Phi) is 5.12. The van der Waals surface area contributed by atoms with Gasteiger partial charge in [-0.25, -0.2) is 0 Å². The van der Waals surface area contributed by atoms with Gasteiger partial charge in [-0.3, -0.25) is 4.79 Å². The third kappa shape index (κ3) is 3.37. The molecule has 6 heteroatoms. The molecular weight excluding hydrogens is 352 g/mol. The van der Waals surface area contributed by atoms with E-state index in [1.165, 1.54) is 22.1 Å². The van der Waals surface area contributed by atoms with E-state index in [1.807, 2.05) is 36.4 Å². The molecule has 0 spiro atoms. The van der Waals surface area contributed by atoms with Gasteiger partial charge in [0.1, 0.15) is 0 Å². The molecule has 6 nitrogen and oxygen atoms in total. The summed E-state index contributed by atoms with van der Waals surface area (Å²) < 4.78 is 0. The highest BCUT2D eigenvalue weighted by Crippen LogP contribution is 2.43. The largest absolute Gasteiger partial charge is 0.395 e. The topological polar surface area (TPSA) is 90.9 Å². The van der Waals surface area contributed by atoms with Crippen LogP contribution in [0, 0.1) is 0 Å². The fourth-order valence-electron chi connectivity index (χ4n) is 3.62. The number of H-pyrrole nitrogens is 1. The molecule has 1 aliphatic carbocycles. The minimum absolute atomic E-state index is 0.0538. The third-order valence-electron chi connectivity index (χ3n) is 4.78. The SMILES string of the molecule is O=C(NCCO)c1cc2ccccc2c2c1Cc1ccccc1-2.c1cn[nH]n1. The number of rotatable bonds is 3. The Morgan fingerprint density at radius 2 is 1.82 bits per heavy atom. The third-order valence-corrected chi connectivity index (χ3v) is 4.78. The van der Waals surface area contributed by atoms with Crippen molar-refractivity contribution in [2.24, 2.45) is 0 Å². The van der Waals surface area contributed by atoms with Crippen molar-refractivity contribution >= 4 is 16.7 Å². The van der Waals surface area contributed by atoms with Gasteiger partial charge in [0, 0.05) is 12.1 Å². The van der Waals surface area contributed by atoms with Crippen molar-refractivity contribution in [1.29, 1.82) is 0 Å². The van der Waals surface area contributed by atoms with Crippen molar-refractivity contribution in [3.63, 3.8) is 0 Å². The van der Waals surface area contributed by atoms with Crippen LogP contribution in [0.1, 0.15) is 21.5 Å². The van der Waals surface area contributed by atoms with Crippen LogP contribution >= 0.6 is 0 Å². The Balaban J connectivity index is 0.000000336. The van der Waals surface area contributed by atoms with Gasteiger partial charge in [0.2, 0.25) is 0 Å². The molecule has 1 heterocycles. The number of nitrogens with zero attached hydrogens (tertiary/aromatic N) is 2. The Hall–Kier alpha value is -3.51. The average molecular weight is 372 g/mol. The molecule has 3 aromatic carbocycles. The van der Waals surface area contributed by atoms with Crippen molar-refractivity contribution in [1.82, 2.24) is 20.7 Å². The molecule has 0 fully saturated rings. The molecule has 0 unspecified atom stereocenters. The first-order valence-electron chi connectivity index (χ1n) is 9.11. The summed E-state index contributed by atoms with van der Waals surface area (Å²) in [5.41, 5.74) is 5.45. The maximum Gasteiger partial charge on any atom is 0.251 e. The van der Waals surface area contributed by atoms with Crippen LogP contribution in [0.2, 0.25) is 0 Å². The molecule has 0 radical (unpaired) electrons. The number of amides is 1. The van der Waals surface area contributed by atoms with Crippen LogP contribution in [-0.4, -0.2) is 39.6 Å². The predicted molar refractivity (Wildman–Crippen MR) is 108 cm³/mol. The van der Waals surface area contributed by atoms with Gasteiger partial charge >= 0.3 is 0 Å². The quantitative estimate of drug-likeness (QED) is 0.454. The molecule has 28 heavy (non-hydrogen) atoms. The zero-order valence-corrected chi connectivity index (χ0v) is 15.2. The van der Waals surface area contributed by atoms with Crippen molar-refractivity contribution in [3.8, 4) is 11.1 Å². The molecule has 0 bridgehead atoms. The Labute approximate surface area is 162 Å². The summed E-state index contributed by atoms with van der Waals surface area (Å²) in [5, 5.41) is 23.3. The molecule has 1 aromatic heterocycles. The van der Waals surface area contributed by atoms with E-state index in [-0.39, 0.29) is 19.1 Å². The van der Waals surface area contributed by atoms with E-state index >= 15 is 0 Å². The highest BCUT2D eigenvalue weighted by atomic mass is 16.3. The van der Waals surface area contributed by atoms with Crippen LogP contribution in [-0.2, 0) is 6.42 Å². The lowest BCUT2D eigenvalue weighted by molar-refractivity contribution is 0.0944. The summed E-state index contributed by atoms with van der Waals surface area (Å²) in [6, 6.07) is 18.5. The number of aliphatic hydroxyl groups excluding tert-OH is 1. The minimum atomic E-state index is -0.117. The second-order valence-electron chi connectivity index (χ2n) is 6.47. The van der Waals surface area contributed by atoms with E-state index in [0.29, 0.717) is 5.56 Å². The van der Waals surface area contributed by atoms with Gasteiger partial charge in [-0.15, -0.1) is 0 Å². The van der Waals surface area contributed by atoms with E-state index in [2.05, 4.69) is 38.9 Å². The predicted octanol–water partition coefficient (Wildman–Crippen LogP) is 2.94. The summed E-state index contributed by atoms with van der Waals surface area (Å²) in [5.74, 6) is -0.117. The van der Waals surface area contributed by atoms with Gasteiger partial charge in [-0.2, -0.15) is 15.4 Å². The lowest BCUT2D eigenvalue weighted by atomic mass is 9.93. The maximum atomic E-state index is 12.5. The van der Waals surface area contributed by atoms with Crippen molar-refractivity contribution in [2.45, 2.75) is 6.42 Å². The first kappa shape index (κ1) is 17.9. The first-order valence-corrected chi connectivity index (χ1v) is 9.11. The first-order chi connectivity index (χ1) is 13.8. The number of carbonyl (C=O) groups excluding carboxylic acids is 1. The van der Waals surface area contributed by atoms with E-state index in [4.69, 9.17) is 5.11 Å². The number of fused-ring (bicyclic) bond motifs is 5. The van der Waals surface area contributed by atoms with Crippen molar-refractivity contribution in [2.75, 3.05) is 13.2 Å². The maximum absolute atomic E-state index is 12.5. The monoisotopic (exact) mass is 372 g/mol. The van der Waals surface area contributed by atoms with Gasteiger partial charge in [0.05, 0.1) is 19.0 Å². The highest BCUT2D eigenvalue weighted by Gasteiger charge is 2.25. The summed E-state index contributed by atoms with van der Waals surface area (Å²) >= 11 is 0. The number of hydrogen-bond donors (Lipinski definition) is 3. The van der Waals surface area contributed by atoms with Crippen molar-refractivity contribution < 1.29 is 9.90 Å². The van der Waals surface area contributed by atoms with E-state index in [9.17, 15) is 4.79 Å². The second-order valence-corrected chi connectivity index (χ2v) is 6.47. The number of hydrogen-bond acceptors (Lipinski definition) is 4. The lowest BCUT2D eigenvalue weighted by Crippen LogP contribution is -2.27. The Morgan fingerprint density at radius 1 is 1.07 bits per heavy atom. The second kappa shape index (κ2) is 8.02. The zero-order valence-electron chi connectivity index (χ0n) is 15.2. The Bertz CT molecular complexity index is 1090. The van der Waals surface area contributed by atoms with Crippen molar-refractivity contribution in [3.05, 3.63) is 83.7 Å². The molecule has 140 valence electrons. The normalized spacial score (nSPS) is 11.3. The molecule has 0 saturated carbocycles. The van der Waals surface area contributed by atoms with E-state index in [0.717, 1.165) is 17.4 Å². The fourth-order valence-corrected chi connectivity index (χ4v) is 3.62. The summed E-state index contributed by atoms with van der Waals surface area (Å²) in [4.78, 5) is 12.5. The summed E-state index contributed by atoms with van der Waals surface area (Å²) in [7, 11) is 0.